The monoisotopic (exact) mass is 295 g/mol. The summed E-state index contributed by atoms with van der Waals surface area (Å²) in [6, 6.07) is 0. The maximum Gasteiger partial charge on any atom is 0.0612 e. The van der Waals surface area contributed by atoms with Crippen molar-refractivity contribution in [1.82, 2.24) is 0 Å². The van der Waals surface area contributed by atoms with E-state index in [4.69, 9.17) is 5.11 Å². The first-order chi connectivity index (χ1) is 10.4. The molecule has 0 aliphatic carbocycles. The minimum atomic E-state index is 0.185. The van der Waals surface area contributed by atoms with Crippen LogP contribution in [0.4, 0.5) is 0 Å². The SMILES string of the molecule is CCCCCCCCCCCC[CH]CCCCC=CCO. The Morgan fingerprint density at radius 2 is 1.05 bits per heavy atom. The van der Waals surface area contributed by atoms with E-state index in [-0.39, 0.29) is 6.61 Å². The van der Waals surface area contributed by atoms with Gasteiger partial charge in [0.2, 0.25) is 0 Å². The highest BCUT2D eigenvalue weighted by molar-refractivity contribution is 4.80. The summed E-state index contributed by atoms with van der Waals surface area (Å²) in [5, 5.41) is 8.60. The van der Waals surface area contributed by atoms with Gasteiger partial charge in [-0.3, -0.25) is 0 Å². The summed E-state index contributed by atoms with van der Waals surface area (Å²) in [7, 11) is 0. The second-order valence-corrected chi connectivity index (χ2v) is 6.20. The zero-order valence-electron chi connectivity index (χ0n) is 14.5. The van der Waals surface area contributed by atoms with E-state index in [2.05, 4.69) is 19.4 Å². The zero-order chi connectivity index (χ0) is 15.4. The fraction of sp³-hybridized carbons (Fsp3) is 0.850. The second-order valence-electron chi connectivity index (χ2n) is 6.20. The summed E-state index contributed by atoms with van der Waals surface area (Å²) >= 11 is 0. The Morgan fingerprint density at radius 1 is 0.571 bits per heavy atom. The molecule has 21 heavy (non-hydrogen) atoms. The molecule has 0 unspecified atom stereocenters. The molecule has 1 N–H and O–H groups in total. The fourth-order valence-electron chi connectivity index (χ4n) is 2.66. The molecule has 0 aromatic rings. The first kappa shape index (κ1) is 20.7. The van der Waals surface area contributed by atoms with Crippen LogP contribution in [0.15, 0.2) is 12.2 Å². The summed E-state index contributed by atoms with van der Waals surface area (Å²) < 4.78 is 0. The number of aliphatic hydroxyl groups is 1. The predicted octanol–water partition coefficient (Wildman–Crippen LogP) is 6.61. The first-order valence-electron chi connectivity index (χ1n) is 9.49. The highest BCUT2D eigenvalue weighted by Gasteiger charge is 1.94. The first-order valence-corrected chi connectivity index (χ1v) is 9.49. The maximum atomic E-state index is 8.60. The van der Waals surface area contributed by atoms with Crippen molar-refractivity contribution in [3.63, 3.8) is 0 Å². The molecule has 0 aliphatic heterocycles. The van der Waals surface area contributed by atoms with Gasteiger partial charge in [0.05, 0.1) is 6.61 Å². The number of hydrogen-bond donors (Lipinski definition) is 1. The average Bonchev–Trinajstić information content (AvgIpc) is 2.50. The van der Waals surface area contributed by atoms with Gasteiger partial charge >= 0.3 is 0 Å². The third-order valence-electron chi connectivity index (χ3n) is 4.06. The molecule has 0 rings (SSSR count). The third-order valence-corrected chi connectivity index (χ3v) is 4.06. The molecule has 0 atom stereocenters. The minimum Gasteiger partial charge on any atom is -0.392 e. The Morgan fingerprint density at radius 3 is 1.62 bits per heavy atom. The van der Waals surface area contributed by atoms with Gasteiger partial charge in [-0.2, -0.15) is 0 Å². The zero-order valence-corrected chi connectivity index (χ0v) is 14.5. The van der Waals surface area contributed by atoms with Gasteiger partial charge in [0.25, 0.3) is 0 Å². The van der Waals surface area contributed by atoms with Crippen LogP contribution in [-0.2, 0) is 0 Å². The highest BCUT2D eigenvalue weighted by Crippen LogP contribution is 2.13. The number of aliphatic hydroxyl groups excluding tert-OH is 1. The normalized spacial score (nSPS) is 11.5. The van der Waals surface area contributed by atoms with Crippen LogP contribution in [0, 0.1) is 6.42 Å². The van der Waals surface area contributed by atoms with Crippen LogP contribution >= 0.6 is 0 Å². The van der Waals surface area contributed by atoms with Crippen molar-refractivity contribution < 1.29 is 5.11 Å². The lowest BCUT2D eigenvalue weighted by Crippen LogP contribution is -1.84. The van der Waals surface area contributed by atoms with Crippen LogP contribution in [0.1, 0.15) is 103 Å². The van der Waals surface area contributed by atoms with E-state index < -0.39 is 0 Å². The summed E-state index contributed by atoms with van der Waals surface area (Å²) in [6.45, 7) is 2.47. The van der Waals surface area contributed by atoms with E-state index in [1.807, 2.05) is 6.08 Å². The number of hydrogen-bond acceptors (Lipinski definition) is 1. The molecule has 0 bridgehead atoms. The van der Waals surface area contributed by atoms with Crippen LogP contribution < -0.4 is 0 Å². The van der Waals surface area contributed by atoms with Gasteiger partial charge in [0, 0.05) is 0 Å². The van der Waals surface area contributed by atoms with Gasteiger partial charge in [-0.05, 0) is 19.3 Å². The molecule has 0 fully saturated rings. The summed E-state index contributed by atoms with van der Waals surface area (Å²) in [6.07, 6.45) is 26.9. The number of rotatable bonds is 17. The van der Waals surface area contributed by atoms with E-state index in [9.17, 15) is 0 Å². The lowest BCUT2D eigenvalue weighted by molar-refractivity contribution is 0.342. The van der Waals surface area contributed by atoms with Crippen LogP contribution in [0.25, 0.3) is 0 Å². The average molecular weight is 296 g/mol. The Balaban J connectivity index is 2.95. The topological polar surface area (TPSA) is 20.2 Å². The largest absolute Gasteiger partial charge is 0.392 e. The van der Waals surface area contributed by atoms with Crippen molar-refractivity contribution in [2.75, 3.05) is 6.61 Å². The lowest BCUT2D eigenvalue weighted by Gasteiger charge is -2.03. The molecule has 1 heteroatoms. The predicted molar refractivity (Wildman–Crippen MR) is 95.5 cm³/mol. The van der Waals surface area contributed by atoms with Crippen molar-refractivity contribution in [3.8, 4) is 0 Å². The molecule has 0 saturated carbocycles. The van der Waals surface area contributed by atoms with Crippen LogP contribution in [0.5, 0.6) is 0 Å². The molecule has 0 saturated heterocycles. The molecular formula is C20H39O. The van der Waals surface area contributed by atoms with E-state index in [1.165, 1.54) is 89.9 Å². The molecule has 0 spiro atoms. The number of unbranched alkanes of at least 4 members (excludes halogenated alkanes) is 15. The Labute approximate surface area is 134 Å². The minimum absolute atomic E-state index is 0.185. The van der Waals surface area contributed by atoms with Gasteiger partial charge in [-0.15, -0.1) is 0 Å². The van der Waals surface area contributed by atoms with Gasteiger partial charge in [0.1, 0.15) is 0 Å². The highest BCUT2D eigenvalue weighted by atomic mass is 16.2. The molecule has 1 radical (unpaired) electrons. The molecule has 0 aromatic carbocycles. The third kappa shape index (κ3) is 19.7. The van der Waals surface area contributed by atoms with Crippen molar-refractivity contribution in [2.45, 2.75) is 103 Å². The van der Waals surface area contributed by atoms with Crippen molar-refractivity contribution >= 4 is 0 Å². The van der Waals surface area contributed by atoms with Crippen molar-refractivity contribution in [1.29, 1.82) is 0 Å². The molecule has 1 nitrogen and oxygen atoms in total. The van der Waals surface area contributed by atoms with Crippen molar-refractivity contribution in [3.05, 3.63) is 18.6 Å². The summed E-state index contributed by atoms with van der Waals surface area (Å²) in [5.41, 5.74) is 0. The molecular weight excluding hydrogens is 256 g/mol. The van der Waals surface area contributed by atoms with Crippen molar-refractivity contribution in [2.24, 2.45) is 0 Å². The smallest absolute Gasteiger partial charge is 0.0612 e. The Kier molecular flexibility index (Phi) is 19.4. The quantitative estimate of drug-likeness (QED) is 0.236. The van der Waals surface area contributed by atoms with Crippen LogP contribution in [0.2, 0.25) is 0 Å². The van der Waals surface area contributed by atoms with Crippen LogP contribution in [-0.4, -0.2) is 11.7 Å². The van der Waals surface area contributed by atoms with E-state index in [0.29, 0.717) is 0 Å². The van der Waals surface area contributed by atoms with Crippen LogP contribution in [0.3, 0.4) is 0 Å². The van der Waals surface area contributed by atoms with Gasteiger partial charge in [-0.1, -0.05) is 103 Å². The summed E-state index contributed by atoms with van der Waals surface area (Å²) in [5.74, 6) is 0. The van der Waals surface area contributed by atoms with E-state index in [0.717, 1.165) is 6.42 Å². The standard InChI is InChI=1S/C20H39O/c1-2-3-4-5-6-7-8-9-10-11-12-13-14-15-16-17-18-19-20-21/h13,18-19,21H,2-12,14-17,20H2,1H3. The molecule has 0 aromatic heterocycles. The maximum absolute atomic E-state index is 8.60. The van der Waals surface area contributed by atoms with Gasteiger partial charge < -0.3 is 5.11 Å². The van der Waals surface area contributed by atoms with E-state index >= 15 is 0 Å². The lowest BCUT2D eigenvalue weighted by atomic mass is 10.0. The molecule has 125 valence electrons. The molecule has 0 heterocycles. The van der Waals surface area contributed by atoms with Gasteiger partial charge in [-0.25, -0.2) is 0 Å². The van der Waals surface area contributed by atoms with Gasteiger partial charge in [0.15, 0.2) is 0 Å². The fourth-order valence-corrected chi connectivity index (χ4v) is 2.66. The number of allylic oxidation sites excluding steroid dienone is 1. The molecule has 0 amide bonds. The Hall–Kier alpha value is -0.300. The Bertz CT molecular complexity index is 198. The van der Waals surface area contributed by atoms with E-state index in [1.54, 1.807) is 0 Å². The summed E-state index contributed by atoms with van der Waals surface area (Å²) in [4.78, 5) is 0. The molecule has 0 aliphatic rings. The second kappa shape index (κ2) is 19.7.